The molecule has 0 aliphatic heterocycles. The molecule has 0 fully saturated rings. The number of benzene rings is 1. The number of allylic oxidation sites excluding steroid dienone is 1. The molecule has 2 amide bonds. The van der Waals surface area contributed by atoms with Gasteiger partial charge in [-0.2, -0.15) is 0 Å². The van der Waals surface area contributed by atoms with Crippen LogP contribution in [0.15, 0.2) is 42.0 Å². The van der Waals surface area contributed by atoms with Crippen LogP contribution in [0.4, 0.5) is 0 Å². The first-order chi connectivity index (χ1) is 8.58. The highest BCUT2D eigenvalue weighted by molar-refractivity contribution is 5.91. The lowest BCUT2D eigenvalue weighted by molar-refractivity contribution is -0.124. The molecule has 4 nitrogen and oxygen atoms in total. The molecule has 0 aliphatic rings. The Kier molecular flexibility index (Phi) is 5.64. The molecular weight excluding hydrogens is 228 g/mol. The summed E-state index contributed by atoms with van der Waals surface area (Å²) >= 11 is 0. The molecule has 96 valence electrons. The predicted octanol–water partition coefficient (Wildman–Crippen LogP) is 1.39. The second kappa shape index (κ2) is 7.27. The van der Waals surface area contributed by atoms with Crippen LogP contribution < -0.4 is 10.6 Å². The van der Waals surface area contributed by atoms with E-state index < -0.39 is 0 Å². The Morgan fingerprint density at radius 1 is 1.11 bits per heavy atom. The number of carbonyl (C=O) groups is 2. The van der Waals surface area contributed by atoms with Gasteiger partial charge in [-0.25, -0.2) is 0 Å². The zero-order chi connectivity index (χ0) is 13.4. The molecule has 0 atom stereocenters. The first-order valence-electron chi connectivity index (χ1n) is 5.81. The normalized spacial score (nSPS) is 9.44. The minimum atomic E-state index is -0.245. The van der Waals surface area contributed by atoms with Crippen molar-refractivity contribution in [1.29, 1.82) is 0 Å². The summed E-state index contributed by atoms with van der Waals surface area (Å²) in [6.45, 7) is 4.12. The highest BCUT2D eigenvalue weighted by atomic mass is 16.2. The maximum Gasteiger partial charge on any atom is 0.244 e. The first-order valence-corrected chi connectivity index (χ1v) is 5.81. The Morgan fingerprint density at radius 3 is 2.39 bits per heavy atom. The minimum absolute atomic E-state index is 0.00452. The standard InChI is InChI=1S/C14H18N2O2/c1-11(2)8-13(17)16-10-14(18)15-9-12-6-4-3-5-7-12/h3-8H,9-10H2,1-2H3,(H,15,18)(H,16,17). The van der Waals surface area contributed by atoms with Gasteiger partial charge in [0.15, 0.2) is 0 Å². The molecule has 0 saturated heterocycles. The molecule has 0 spiro atoms. The Morgan fingerprint density at radius 2 is 1.78 bits per heavy atom. The Hall–Kier alpha value is -2.10. The van der Waals surface area contributed by atoms with Crippen molar-refractivity contribution in [2.75, 3.05) is 6.54 Å². The molecule has 0 unspecified atom stereocenters. The summed E-state index contributed by atoms with van der Waals surface area (Å²) in [6, 6.07) is 9.62. The van der Waals surface area contributed by atoms with Crippen LogP contribution in [0, 0.1) is 0 Å². The molecule has 1 aromatic rings. The van der Waals surface area contributed by atoms with E-state index in [1.54, 1.807) is 0 Å². The van der Waals surface area contributed by atoms with Gasteiger partial charge < -0.3 is 10.6 Å². The van der Waals surface area contributed by atoms with Crippen LogP contribution in [0.3, 0.4) is 0 Å². The Labute approximate surface area is 107 Å². The smallest absolute Gasteiger partial charge is 0.244 e. The SMILES string of the molecule is CC(C)=CC(=O)NCC(=O)NCc1ccccc1. The first kappa shape index (κ1) is 14.0. The molecule has 1 rings (SSSR count). The van der Waals surface area contributed by atoms with Crippen LogP contribution in [-0.2, 0) is 16.1 Å². The second-order valence-electron chi connectivity index (χ2n) is 4.20. The summed E-state index contributed by atoms with van der Waals surface area (Å²) in [5.41, 5.74) is 1.93. The van der Waals surface area contributed by atoms with E-state index in [0.29, 0.717) is 6.54 Å². The number of hydrogen-bond acceptors (Lipinski definition) is 2. The van der Waals surface area contributed by atoms with Gasteiger partial charge in [0.1, 0.15) is 0 Å². The summed E-state index contributed by atoms with van der Waals surface area (Å²) in [5, 5.41) is 5.26. The fourth-order valence-electron chi connectivity index (χ4n) is 1.34. The molecule has 0 bridgehead atoms. The van der Waals surface area contributed by atoms with Gasteiger partial charge in [-0.15, -0.1) is 0 Å². The number of carbonyl (C=O) groups excluding carboxylic acids is 2. The predicted molar refractivity (Wildman–Crippen MR) is 70.7 cm³/mol. The van der Waals surface area contributed by atoms with Crippen molar-refractivity contribution in [2.45, 2.75) is 20.4 Å². The van der Waals surface area contributed by atoms with Crippen LogP contribution in [0.2, 0.25) is 0 Å². The lowest BCUT2D eigenvalue weighted by atomic mass is 10.2. The van der Waals surface area contributed by atoms with E-state index in [1.807, 2.05) is 44.2 Å². The van der Waals surface area contributed by atoms with Crippen LogP contribution >= 0.6 is 0 Å². The molecule has 0 aromatic heterocycles. The average Bonchev–Trinajstić information content (AvgIpc) is 2.34. The molecule has 1 aromatic carbocycles. The molecule has 0 aliphatic carbocycles. The van der Waals surface area contributed by atoms with E-state index in [0.717, 1.165) is 11.1 Å². The molecule has 18 heavy (non-hydrogen) atoms. The van der Waals surface area contributed by atoms with Gasteiger partial charge in [0.2, 0.25) is 11.8 Å². The summed E-state index contributed by atoms with van der Waals surface area (Å²) in [5.74, 6) is -0.445. The van der Waals surface area contributed by atoms with Crippen molar-refractivity contribution in [3.05, 3.63) is 47.5 Å². The van der Waals surface area contributed by atoms with Gasteiger partial charge in [0.05, 0.1) is 6.54 Å². The van der Waals surface area contributed by atoms with Crippen molar-refractivity contribution in [3.63, 3.8) is 0 Å². The van der Waals surface area contributed by atoms with Crippen molar-refractivity contribution in [3.8, 4) is 0 Å². The third-order valence-corrected chi connectivity index (χ3v) is 2.18. The lowest BCUT2D eigenvalue weighted by Crippen LogP contribution is -2.35. The van der Waals surface area contributed by atoms with E-state index in [4.69, 9.17) is 0 Å². The van der Waals surface area contributed by atoms with E-state index >= 15 is 0 Å². The van der Waals surface area contributed by atoms with Gasteiger partial charge in [0.25, 0.3) is 0 Å². The fraction of sp³-hybridized carbons (Fsp3) is 0.286. The highest BCUT2D eigenvalue weighted by Gasteiger charge is 2.02. The topological polar surface area (TPSA) is 58.2 Å². The fourth-order valence-corrected chi connectivity index (χ4v) is 1.34. The monoisotopic (exact) mass is 246 g/mol. The van der Waals surface area contributed by atoms with Crippen molar-refractivity contribution >= 4 is 11.8 Å². The van der Waals surface area contributed by atoms with E-state index in [9.17, 15) is 9.59 Å². The number of rotatable bonds is 5. The number of amides is 2. The molecule has 0 radical (unpaired) electrons. The van der Waals surface area contributed by atoms with Gasteiger partial charge in [-0.05, 0) is 19.4 Å². The number of hydrogen-bond donors (Lipinski definition) is 2. The summed E-state index contributed by atoms with van der Waals surface area (Å²) in [4.78, 5) is 22.7. The van der Waals surface area contributed by atoms with Crippen molar-refractivity contribution in [1.82, 2.24) is 10.6 Å². The summed E-state index contributed by atoms with van der Waals surface area (Å²) in [6.07, 6.45) is 1.46. The Bertz CT molecular complexity index is 434. The van der Waals surface area contributed by atoms with Crippen LogP contribution in [0.5, 0.6) is 0 Å². The number of nitrogens with one attached hydrogen (secondary N) is 2. The largest absolute Gasteiger partial charge is 0.350 e. The zero-order valence-corrected chi connectivity index (χ0v) is 10.7. The molecule has 0 heterocycles. The van der Waals surface area contributed by atoms with Crippen LogP contribution in [0.25, 0.3) is 0 Å². The zero-order valence-electron chi connectivity index (χ0n) is 10.7. The quantitative estimate of drug-likeness (QED) is 0.771. The van der Waals surface area contributed by atoms with Crippen molar-refractivity contribution < 1.29 is 9.59 Å². The molecular formula is C14H18N2O2. The van der Waals surface area contributed by atoms with E-state index in [1.165, 1.54) is 6.08 Å². The molecule has 4 heteroatoms. The summed E-state index contributed by atoms with van der Waals surface area (Å²) in [7, 11) is 0. The third kappa shape index (κ3) is 5.84. The third-order valence-electron chi connectivity index (χ3n) is 2.18. The lowest BCUT2D eigenvalue weighted by Gasteiger charge is -2.05. The highest BCUT2D eigenvalue weighted by Crippen LogP contribution is 1.96. The van der Waals surface area contributed by atoms with Crippen LogP contribution in [0.1, 0.15) is 19.4 Å². The molecule has 0 saturated carbocycles. The van der Waals surface area contributed by atoms with Gasteiger partial charge >= 0.3 is 0 Å². The average molecular weight is 246 g/mol. The maximum atomic E-state index is 11.5. The minimum Gasteiger partial charge on any atom is -0.350 e. The van der Waals surface area contributed by atoms with Gasteiger partial charge in [-0.3, -0.25) is 9.59 Å². The van der Waals surface area contributed by atoms with E-state index in [2.05, 4.69) is 10.6 Å². The van der Waals surface area contributed by atoms with E-state index in [-0.39, 0.29) is 18.4 Å². The second-order valence-corrected chi connectivity index (χ2v) is 4.20. The van der Waals surface area contributed by atoms with Gasteiger partial charge in [-0.1, -0.05) is 35.9 Å². The summed E-state index contributed by atoms with van der Waals surface area (Å²) < 4.78 is 0. The maximum absolute atomic E-state index is 11.5. The Balaban J connectivity index is 2.26. The molecule has 2 N–H and O–H groups in total. The van der Waals surface area contributed by atoms with Gasteiger partial charge in [0, 0.05) is 12.6 Å². The van der Waals surface area contributed by atoms with Crippen molar-refractivity contribution in [2.24, 2.45) is 0 Å². The van der Waals surface area contributed by atoms with Crippen LogP contribution in [-0.4, -0.2) is 18.4 Å².